The minimum Gasteiger partial charge on any atom is -1.00 e. The Morgan fingerprint density at radius 2 is 1.94 bits per heavy atom. The summed E-state index contributed by atoms with van der Waals surface area (Å²) in [6, 6.07) is 0. The Morgan fingerprint density at radius 3 is 2.25 bits per heavy atom. The van der Waals surface area contributed by atoms with Crippen molar-refractivity contribution in [2.24, 2.45) is 0 Å². The zero-order chi connectivity index (χ0) is 12.1. The fourth-order valence-electron chi connectivity index (χ4n) is 0.569. The summed E-state index contributed by atoms with van der Waals surface area (Å²) in [6.07, 6.45) is -2.53. The standard InChI is InChI=1S/C6H8O8S.Na.H/c1-2-13-15(11,12)14-4(6(9)10)3-5(7)8;;/h2,4H,1,3H2,(H,7,8)(H,9,10);;/q;+1;-1. The molecule has 0 spiro atoms. The van der Waals surface area contributed by atoms with Gasteiger partial charge < -0.3 is 15.8 Å². The first kappa shape index (κ1) is 17.8. The van der Waals surface area contributed by atoms with Gasteiger partial charge in [-0.15, -0.1) is 0 Å². The summed E-state index contributed by atoms with van der Waals surface area (Å²) in [4.78, 5) is 20.5. The van der Waals surface area contributed by atoms with E-state index in [-0.39, 0.29) is 31.0 Å². The SMILES string of the molecule is C=COS(=O)(=O)OC(CC(=O)O)C(=O)O.[H-].[Na+]. The zero-order valence-corrected chi connectivity index (χ0v) is 11.1. The van der Waals surface area contributed by atoms with Crippen LogP contribution in [0.2, 0.25) is 0 Å². The topological polar surface area (TPSA) is 127 Å². The number of carbonyl (C=O) groups is 2. The van der Waals surface area contributed by atoms with E-state index < -0.39 is 34.9 Å². The average Bonchev–Trinajstić information content (AvgIpc) is 2.00. The van der Waals surface area contributed by atoms with Crippen molar-refractivity contribution in [2.45, 2.75) is 12.5 Å². The first-order valence-electron chi connectivity index (χ1n) is 3.45. The maximum Gasteiger partial charge on any atom is 1.00 e. The molecule has 1 atom stereocenters. The Labute approximate surface area is 115 Å². The fourth-order valence-corrected chi connectivity index (χ4v) is 1.22. The van der Waals surface area contributed by atoms with E-state index in [0.29, 0.717) is 6.26 Å². The van der Waals surface area contributed by atoms with Crippen LogP contribution in [0.15, 0.2) is 12.8 Å². The minimum atomic E-state index is -4.58. The van der Waals surface area contributed by atoms with E-state index in [0.717, 1.165) is 0 Å². The Morgan fingerprint density at radius 1 is 1.44 bits per heavy atom. The molecule has 0 heterocycles. The van der Waals surface area contributed by atoms with Crippen LogP contribution in [0.1, 0.15) is 7.85 Å². The van der Waals surface area contributed by atoms with Crippen LogP contribution in [0.25, 0.3) is 0 Å². The van der Waals surface area contributed by atoms with Gasteiger partial charge in [0.2, 0.25) is 0 Å². The predicted octanol–water partition coefficient (Wildman–Crippen LogP) is -3.55. The molecule has 0 aromatic heterocycles. The molecular weight excluding hydrogens is 255 g/mol. The second kappa shape index (κ2) is 7.63. The van der Waals surface area contributed by atoms with Gasteiger partial charge in [0, 0.05) is 0 Å². The van der Waals surface area contributed by atoms with Gasteiger partial charge in [-0.05, 0) is 0 Å². The van der Waals surface area contributed by atoms with Crippen LogP contribution in [-0.2, 0) is 28.4 Å². The number of hydrogen-bond donors (Lipinski definition) is 2. The van der Waals surface area contributed by atoms with Crippen LogP contribution in [-0.4, -0.2) is 36.7 Å². The third-order valence-corrected chi connectivity index (χ3v) is 1.90. The summed E-state index contributed by atoms with van der Waals surface area (Å²) in [6.45, 7) is 2.91. The van der Waals surface area contributed by atoms with Gasteiger partial charge >= 0.3 is 51.9 Å². The van der Waals surface area contributed by atoms with E-state index in [2.05, 4.69) is 14.9 Å². The summed E-state index contributed by atoms with van der Waals surface area (Å²) >= 11 is 0. The first-order chi connectivity index (χ1) is 6.78. The number of hydrogen-bond acceptors (Lipinski definition) is 6. The maximum atomic E-state index is 10.8. The van der Waals surface area contributed by atoms with E-state index in [1.54, 1.807) is 0 Å². The fraction of sp³-hybridized carbons (Fsp3) is 0.333. The number of rotatable bonds is 7. The monoisotopic (exact) mass is 264 g/mol. The van der Waals surface area contributed by atoms with Gasteiger partial charge in [0.25, 0.3) is 0 Å². The molecule has 0 aliphatic carbocycles. The zero-order valence-electron chi connectivity index (χ0n) is 9.32. The normalized spacial score (nSPS) is 12.0. The first-order valence-corrected chi connectivity index (χ1v) is 4.79. The molecule has 16 heavy (non-hydrogen) atoms. The van der Waals surface area contributed by atoms with Gasteiger partial charge in [-0.25, -0.2) is 8.98 Å². The summed E-state index contributed by atoms with van der Waals surface area (Å²) in [5.74, 6) is -3.25. The number of aliphatic carboxylic acids is 2. The van der Waals surface area contributed by atoms with Crippen LogP contribution < -0.4 is 29.6 Å². The van der Waals surface area contributed by atoms with Crippen molar-refractivity contribution in [3.05, 3.63) is 12.8 Å². The third-order valence-electron chi connectivity index (χ3n) is 1.06. The van der Waals surface area contributed by atoms with Crippen LogP contribution in [0.4, 0.5) is 0 Å². The molecule has 0 saturated carbocycles. The molecule has 0 saturated heterocycles. The smallest absolute Gasteiger partial charge is 1.00 e. The second-order valence-corrected chi connectivity index (χ2v) is 3.39. The quantitative estimate of drug-likeness (QED) is 0.357. The minimum absolute atomic E-state index is 0. The molecule has 2 N–H and O–H groups in total. The molecule has 0 aromatic rings. The molecule has 0 aliphatic rings. The molecule has 0 amide bonds. The summed E-state index contributed by atoms with van der Waals surface area (Å²) in [7, 11) is -4.58. The molecule has 8 nitrogen and oxygen atoms in total. The van der Waals surface area contributed by atoms with Crippen molar-refractivity contribution in [1.82, 2.24) is 0 Å². The molecule has 1 unspecified atom stereocenters. The third kappa shape index (κ3) is 7.65. The summed E-state index contributed by atoms with van der Waals surface area (Å²) in [5.41, 5.74) is 0. The molecular formula is C6H9NaO8S. The van der Waals surface area contributed by atoms with Crippen molar-refractivity contribution in [3.63, 3.8) is 0 Å². The van der Waals surface area contributed by atoms with Gasteiger partial charge in [0.05, 0.1) is 6.42 Å². The van der Waals surface area contributed by atoms with E-state index >= 15 is 0 Å². The van der Waals surface area contributed by atoms with Crippen LogP contribution >= 0.6 is 0 Å². The van der Waals surface area contributed by atoms with Gasteiger partial charge in [-0.3, -0.25) is 4.79 Å². The van der Waals surface area contributed by atoms with Gasteiger partial charge in [-0.1, -0.05) is 6.58 Å². The molecule has 0 rings (SSSR count). The summed E-state index contributed by atoms with van der Waals surface area (Å²) < 4.78 is 29.3. The molecule has 0 radical (unpaired) electrons. The largest absolute Gasteiger partial charge is 1.00 e. The predicted molar refractivity (Wildman–Crippen MR) is 46.1 cm³/mol. The molecule has 0 aliphatic heterocycles. The van der Waals surface area contributed by atoms with E-state index in [9.17, 15) is 18.0 Å². The summed E-state index contributed by atoms with van der Waals surface area (Å²) in [5, 5.41) is 16.7. The second-order valence-electron chi connectivity index (χ2n) is 2.19. The number of carboxylic acid groups (broad SMARTS) is 2. The van der Waals surface area contributed by atoms with E-state index in [1.165, 1.54) is 0 Å². The molecule has 0 bridgehead atoms. The van der Waals surface area contributed by atoms with Crippen molar-refractivity contribution in [2.75, 3.05) is 0 Å². The van der Waals surface area contributed by atoms with Crippen molar-refractivity contribution >= 4 is 22.3 Å². The van der Waals surface area contributed by atoms with Crippen molar-refractivity contribution < 1.29 is 67.6 Å². The molecule has 10 heteroatoms. The molecule has 0 fully saturated rings. The molecule has 0 aromatic carbocycles. The van der Waals surface area contributed by atoms with Crippen molar-refractivity contribution in [1.29, 1.82) is 0 Å². The Kier molecular flexibility index (Phi) is 8.47. The van der Waals surface area contributed by atoms with E-state index in [4.69, 9.17) is 10.2 Å². The average molecular weight is 264 g/mol. The van der Waals surface area contributed by atoms with Gasteiger partial charge in [-0.2, -0.15) is 8.42 Å². The molecule has 88 valence electrons. The Bertz CT molecular complexity index is 366. The van der Waals surface area contributed by atoms with E-state index in [1.807, 2.05) is 0 Å². The van der Waals surface area contributed by atoms with Gasteiger partial charge in [0.1, 0.15) is 6.26 Å². The van der Waals surface area contributed by atoms with Crippen molar-refractivity contribution in [3.8, 4) is 0 Å². The maximum absolute atomic E-state index is 10.8. The Balaban J connectivity index is -0.000000980. The van der Waals surface area contributed by atoms with Crippen LogP contribution in [0.5, 0.6) is 0 Å². The number of carboxylic acids is 2. The Hall–Kier alpha value is -0.610. The van der Waals surface area contributed by atoms with Gasteiger partial charge in [0.15, 0.2) is 6.10 Å². The van der Waals surface area contributed by atoms with Crippen LogP contribution in [0, 0.1) is 0 Å². The van der Waals surface area contributed by atoms with Crippen LogP contribution in [0.3, 0.4) is 0 Å².